The summed E-state index contributed by atoms with van der Waals surface area (Å²) in [6.07, 6.45) is 3.18. The first-order chi connectivity index (χ1) is 14.0. The summed E-state index contributed by atoms with van der Waals surface area (Å²) in [6.45, 7) is 2.83. The number of nitriles is 1. The topological polar surface area (TPSA) is 91.0 Å². The van der Waals surface area contributed by atoms with Gasteiger partial charge in [-0.25, -0.2) is 0 Å². The molecule has 1 aliphatic rings. The van der Waals surface area contributed by atoms with Crippen molar-refractivity contribution in [2.45, 2.75) is 38.6 Å². The quantitative estimate of drug-likeness (QED) is 0.671. The molecule has 1 aromatic heterocycles. The Morgan fingerprint density at radius 3 is 2.83 bits per heavy atom. The van der Waals surface area contributed by atoms with Crippen molar-refractivity contribution >= 4 is 23.4 Å². The molecule has 8 heteroatoms. The minimum absolute atomic E-state index is 0.0195. The fourth-order valence-electron chi connectivity index (χ4n) is 3.45. The molecule has 3 rings (SSSR count). The highest BCUT2D eigenvalue weighted by molar-refractivity contribution is 6.30. The number of fused-ring (bicyclic) bond motifs is 1. The van der Waals surface area contributed by atoms with E-state index in [-0.39, 0.29) is 37.4 Å². The van der Waals surface area contributed by atoms with Crippen LogP contribution in [0, 0.1) is 11.3 Å². The van der Waals surface area contributed by atoms with Gasteiger partial charge < -0.3 is 10.2 Å². The number of carbonyl (C=O) groups is 2. The van der Waals surface area contributed by atoms with Gasteiger partial charge in [-0.1, -0.05) is 43.5 Å². The normalized spacial score (nSPS) is 15.7. The smallest absolute Gasteiger partial charge is 0.272 e. The van der Waals surface area contributed by atoms with Gasteiger partial charge in [0.15, 0.2) is 0 Å². The Labute approximate surface area is 175 Å². The van der Waals surface area contributed by atoms with E-state index < -0.39 is 0 Å². The predicted octanol–water partition coefficient (Wildman–Crippen LogP) is 3.42. The zero-order valence-electron chi connectivity index (χ0n) is 16.4. The van der Waals surface area contributed by atoms with E-state index in [9.17, 15) is 9.59 Å². The molecule has 0 fully saturated rings. The zero-order chi connectivity index (χ0) is 20.8. The fourth-order valence-corrected chi connectivity index (χ4v) is 3.57. The van der Waals surface area contributed by atoms with Gasteiger partial charge in [0.05, 0.1) is 30.8 Å². The molecular formula is C21H24ClN5O2. The largest absolute Gasteiger partial charge is 0.354 e. The molecule has 7 nitrogen and oxygen atoms in total. The molecule has 0 saturated carbocycles. The monoisotopic (exact) mass is 413 g/mol. The number of amides is 2. The van der Waals surface area contributed by atoms with Crippen LogP contribution in [0.2, 0.25) is 5.02 Å². The molecule has 1 N–H and O–H groups in total. The summed E-state index contributed by atoms with van der Waals surface area (Å²) in [7, 11) is 0. The van der Waals surface area contributed by atoms with E-state index in [1.54, 1.807) is 23.1 Å². The maximum atomic E-state index is 13.0. The van der Waals surface area contributed by atoms with Crippen LogP contribution < -0.4 is 5.32 Å². The Balaban J connectivity index is 1.84. The number of hydrogen-bond acceptors (Lipinski definition) is 4. The fraction of sp³-hybridized carbons (Fsp3) is 0.429. The van der Waals surface area contributed by atoms with Crippen LogP contribution in [-0.2, 0) is 4.79 Å². The second-order valence-corrected chi connectivity index (χ2v) is 7.54. The number of unbranched alkanes of at least 4 members (excludes halogenated alkanes) is 1. The highest BCUT2D eigenvalue weighted by Crippen LogP contribution is 2.29. The molecule has 2 aromatic rings. The second-order valence-electron chi connectivity index (χ2n) is 7.11. The van der Waals surface area contributed by atoms with E-state index in [2.05, 4.69) is 12.2 Å². The van der Waals surface area contributed by atoms with E-state index in [0.29, 0.717) is 23.0 Å². The van der Waals surface area contributed by atoms with Crippen molar-refractivity contribution < 1.29 is 9.59 Å². The van der Waals surface area contributed by atoms with Crippen molar-refractivity contribution in [1.29, 1.82) is 5.26 Å². The first-order valence-corrected chi connectivity index (χ1v) is 10.2. The number of rotatable bonds is 8. The molecule has 1 atom stereocenters. The Morgan fingerprint density at radius 1 is 1.38 bits per heavy atom. The number of nitrogens with one attached hydrogen (secondary N) is 1. The van der Waals surface area contributed by atoms with Crippen molar-refractivity contribution in [3.63, 3.8) is 0 Å². The Kier molecular flexibility index (Phi) is 6.89. The molecule has 1 aliphatic heterocycles. The summed E-state index contributed by atoms with van der Waals surface area (Å²) in [6, 6.07) is 11.1. The molecule has 29 heavy (non-hydrogen) atoms. The third-order valence-electron chi connectivity index (χ3n) is 4.94. The van der Waals surface area contributed by atoms with Crippen LogP contribution in [0.4, 0.5) is 0 Å². The first-order valence-electron chi connectivity index (χ1n) is 9.82. The maximum Gasteiger partial charge on any atom is 0.272 e. The molecule has 1 aromatic carbocycles. The summed E-state index contributed by atoms with van der Waals surface area (Å²) < 4.78 is 1.81. The number of benzene rings is 1. The zero-order valence-corrected chi connectivity index (χ0v) is 17.2. The SMILES string of the molecule is CCCCC1CN(CC(=O)NCCC#N)C(=O)c2cc(-c3ccc(Cl)cc3)nn21. The summed E-state index contributed by atoms with van der Waals surface area (Å²) >= 11 is 5.97. The number of nitrogens with zero attached hydrogens (tertiary/aromatic N) is 4. The molecular weight excluding hydrogens is 390 g/mol. The molecule has 0 bridgehead atoms. The third-order valence-corrected chi connectivity index (χ3v) is 5.20. The molecule has 1 unspecified atom stereocenters. The lowest BCUT2D eigenvalue weighted by atomic mass is 10.1. The van der Waals surface area contributed by atoms with Crippen LogP contribution in [0.15, 0.2) is 30.3 Å². The van der Waals surface area contributed by atoms with Gasteiger partial charge in [-0.3, -0.25) is 14.3 Å². The van der Waals surface area contributed by atoms with Gasteiger partial charge in [0.25, 0.3) is 5.91 Å². The summed E-state index contributed by atoms with van der Waals surface area (Å²) in [4.78, 5) is 26.8. The van der Waals surface area contributed by atoms with Gasteiger partial charge in [-0.2, -0.15) is 10.4 Å². The highest BCUT2D eigenvalue weighted by Gasteiger charge is 2.33. The summed E-state index contributed by atoms with van der Waals surface area (Å²) in [5.74, 6) is -0.463. The number of aromatic nitrogens is 2. The van der Waals surface area contributed by atoms with Crippen LogP contribution >= 0.6 is 11.6 Å². The lowest BCUT2D eigenvalue weighted by molar-refractivity contribution is -0.121. The molecule has 2 amide bonds. The third kappa shape index (κ3) is 4.96. The molecule has 2 heterocycles. The van der Waals surface area contributed by atoms with Crippen LogP contribution in [0.5, 0.6) is 0 Å². The lowest BCUT2D eigenvalue weighted by Crippen LogP contribution is -2.47. The number of carbonyl (C=O) groups excluding carboxylic acids is 2. The minimum Gasteiger partial charge on any atom is -0.354 e. The van der Waals surface area contributed by atoms with Gasteiger partial charge in [0.2, 0.25) is 5.91 Å². The minimum atomic E-state index is -0.256. The molecule has 0 aliphatic carbocycles. The highest BCUT2D eigenvalue weighted by atomic mass is 35.5. The van der Waals surface area contributed by atoms with Gasteiger partial charge in [-0.05, 0) is 24.6 Å². The molecule has 0 saturated heterocycles. The van der Waals surface area contributed by atoms with Crippen molar-refractivity contribution in [2.75, 3.05) is 19.6 Å². The van der Waals surface area contributed by atoms with E-state index in [0.717, 1.165) is 24.8 Å². The van der Waals surface area contributed by atoms with Gasteiger partial charge >= 0.3 is 0 Å². The van der Waals surface area contributed by atoms with Crippen molar-refractivity contribution in [3.05, 3.63) is 41.0 Å². The van der Waals surface area contributed by atoms with Gasteiger partial charge in [0.1, 0.15) is 5.69 Å². The number of hydrogen-bond donors (Lipinski definition) is 1. The molecule has 0 radical (unpaired) electrons. The summed E-state index contributed by atoms with van der Waals surface area (Å²) in [5.41, 5.74) is 2.10. The van der Waals surface area contributed by atoms with Crippen LogP contribution in [-0.4, -0.2) is 46.1 Å². The van der Waals surface area contributed by atoms with Crippen molar-refractivity contribution in [1.82, 2.24) is 20.0 Å². The van der Waals surface area contributed by atoms with Gasteiger partial charge in [0, 0.05) is 23.7 Å². The maximum absolute atomic E-state index is 13.0. The average molecular weight is 414 g/mol. The average Bonchev–Trinajstić information content (AvgIpc) is 3.16. The number of halogens is 1. The molecule has 152 valence electrons. The Morgan fingerprint density at radius 2 is 2.14 bits per heavy atom. The summed E-state index contributed by atoms with van der Waals surface area (Å²) in [5, 5.41) is 16.6. The van der Waals surface area contributed by atoms with E-state index >= 15 is 0 Å². The van der Waals surface area contributed by atoms with Crippen LogP contribution in [0.25, 0.3) is 11.3 Å². The lowest BCUT2D eigenvalue weighted by Gasteiger charge is -2.33. The van der Waals surface area contributed by atoms with Crippen LogP contribution in [0.3, 0.4) is 0 Å². The van der Waals surface area contributed by atoms with E-state index in [1.165, 1.54) is 0 Å². The van der Waals surface area contributed by atoms with Crippen molar-refractivity contribution in [2.24, 2.45) is 0 Å². The van der Waals surface area contributed by atoms with Crippen molar-refractivity contribution in [3.8, 4) is 17.3 Å². The van der Waals surface area contributed by atoms with Gasteiger partial charge in [-0.15, -0.1) is 0 Å². The Bertz CT molecular complexity index is 916. The standard InChI is InChI=1S/C21H24ClN5O2/c1-2-3-5-17-13-26(14-20(28)24-11-4-10-23)21(29)19-12-18(25-27(17)19)15-6-8-16(22)9-7-15/h6-9,12,17H,2-5,11,13-14H2,1H3,(H,24,28). The van der Waals surface area contributed by atoms with E-state index in [1.807, 2.05) is 22.9 Å². The van der Waals surface area contributed by atoms with E-state index in [4.69, 9.17) is 22.0 Å². The van der Waals surface area contributed by atoms with Crippen LogP contribution in [0.1, 0.15) is 49.1 Å². The second kappa shape index (κ2) is 9.57. The predicted molar refractivity (Wildman–Crippen MR) is 110 cm³/mol. The molecule has 0 spiro atoms. The first kappa shape index (κ1) is 20.9. The Hall–Kier alpha value is -2.85.